The second-order valence-electron chi connectivity index (χ2n) is 1.61. The third-order valence-corrected chi connectivity index (χ3v) is 1.03. The third-order valence-electron chi connectivity index (χ3n) is 1.03. The number of rotatable bonds is 0. The topological polar surface area (TPSA) is 17.8 Å². The summed E-state index contributed by atoms with van der Waals surface area (Å²) < 4.78 is 13.7. The maximum atomic E-state index is 12.4. The molecular weight excluding hydrogens is 119 g/mol. The molecule has 0 aliphatic carbocycles. The SMILES string of the molecule is C#Cc1c(F)cnn1C. The second kappa shape index (κ2) is 1.90. The molecule has 1 aromatic heterocycles. The normalized spacial score (nSPS) is 9.00. The molecule has 0 unspecified atom stereocenters. The molecule has 9 heavy (non-hydrogen) atoms. The maximum absolute atomic E-state index is 12.4. The van der Waals surface area contributed by atoms with E-state index >= 15 is 0 Å². The highest BCUT2D eigenvalue weighted by Crippen LogP contribution is 2.00. The van der Waals surface area contributed by atoms with Crippen molar-refractivity contribution in [2.24, 2.45) is 7.05 Å². The summed E-state index contributed by atoms with van der Waals surface area (Å²) in [7, 11) is 1.60. The Morgan fingerprint density at radius 3 is 2.78 bits per heavy atom. The van der Waals surface area contributed by atoms with E-state index in [9.17, 15) is 4.39 Å². The summed E-state index contributed by atoms with van der Waals surface area (Å²) in [5.41, 5.74) is 0.190. The van der Waals surface area contributed by atoms with Crippen LogP contribution in [0.15, 0.2) is 6.20 Å². The molecule has 0 aliphatic rings. The van der Waals surface area contributed by atoms with Gasteiger partial charge in [0.15, 0.2) is 5.82 Å². The molecule has 1 aromatic rings. The lowest BCUT2D eigenvalue weighted by atomic mass is 10.4. The Bertz CT molecular complexity index is 237. The van der Waals surface area contributed by atoms with Gasteiger partial charge in [-0.15, -0.1) is 6.42 Å². The zero-order valence-electron chi connectivity index (χ0n) is 4.93. The Labute approximate surface area is 52.3 Å². The molecule has 0 saturated heterocycles. The predicted octanol–water partition coefficient (Wildman–Crippen LogP) is 0.540. The average molecular weight is 124 g/mol. The van der Waals surface area contributed by atoms with Gasteiger partial charge in [-0.05, 0) is 5.92 Å². The van der Waals surface area contributed by atoms with Crippen molar-refractivity contribution >= 4 is 0 Å². The van der Waals surface area contributed by atoms with Crippen molar-refractivity contribution in [1.82, 2.24) is 9.78 Å². The van der Waals surface area contributed by atoms with E-state index in [0.717, 1.165) is 6.20 Å². The lowest BCUT2D eigenvalue weighted by molar-refractivity contribution is 0.620. The van der Waals surface area contributed by atoms with Crippen molar-refractivity contribution in [2.75, 3.05) is 0 Å². The van der Waals surface area contributed by atoms with Crippen molar-refractivity contribution in [3.63, 3.8) is 0 Å². The van der Waals surface area contributed by atoms with Crippen molar-refractivity contribution in [2.45, 2.75) is 0 Å². The van der Waals surface area contributed by atoms with Crippen LogP contribution in [0.3, 0.4) is 0 Å². The van der Waals surface area contributed by atoms with Gasteiger partial charge < -0.3 is 0 Å². The number of aryl methyl sites for hydroxylation is 1. The van der Waals surface area contributed by atoms with Crippen LogP contribution in [0.25, 0.3) is 0 Å². The minimum absolute atomic E-state index is 0.190. The van der Waals surface area contributed by atoms with Crippen molar-refractivity contribution < 1.29 is 4.39 Å². The number of hydrogen-bond acceptors (Lipinski definition) is 1. The lowest BCUT2D eigenvalue weighted by Gasteiger charge is -1.87. The zero-order chi connectivity index (χ0) is 6.85. The van der Waals surface area contributed by atoms with E-state index < -0.39 is 5.82 Å². The van der Waals surface area contributed by atoms with Gasteiger partial charge in [-0.2, -0.15) is 5.10 Å². The Balaban J connectivity index is 3.27. The van der Waals surface area contributed by atoms with Gasteiger partial charge in [-0.25, -0.2) is 4.39 Å². The molecule has 46 valence electrons. The first kappa shape index (κ1) is 5.83. The minimum Gasteiger partial charge on any atom is -0.257 e. The van der Waals surface area contributed by atoms with Gasteiger partial charge in [-0.3, -0.25) is 4.68 Å². The van der Waals surface area contributed by atoms with Crippen LogP contribution in [0.1, 0.15) is 5.69 Å². The smallest absolute Gasteiger partial charge is 0.176 e. The summed E-state index contributed by atoms with van der Waals surface area (Å²) in [4.78, 5) is 0. The van der Waals surface area contributed by atoms with Gasteiger partial charge in [-0.1, -0.05) is 0 Å². The predicted molar refractivity (Wildman–Crippen MR) is 31.1 cm³/mol. The summed E-state index contributed by atoms with van der Waals surface area (Å²) in [6, 6.07) is 0. The summed E-state index contributed by atoms with van der Waals surface area (Å²) in [6.45, 7) is 0. The molecule has 0 radical (unpaired) electrons. The first-order chi connectivity index (χ1) is 4.25. The Hall–Kier alpha value is -1.30. The fraction of sp³-hybridized carbons (Fsp3) is 0.167. The van der Waals surface area contributed by atoms with Gasteiger partial charge in [0.25, 0.3) is 0 Å². The number of aromatic nitrogens is 2. The highest BCUT2D eigenvalue weighted by Gasteiger charge is 2.01. The van der Waals surface area contributed by atoms with Crippen LogP contribution < -0.4 is 0 Å². The Kier molecular flexibility index (Phi) is 1.23. The van der Waals surface area contributed by atoms with E-state index in [1.54, 1.807) is 7.05 Å². The van der Waals surface area contributed by atoms with Gasteiger partial charge in [0.1, 0.15) is 5.69 Å². The molecule has 1 rings (SSSR count). The van der Waals surface area contributed by atoms with E-state index in [1.165, 1.54) is 4.68 Å². The summed E-state index contributed by atoms with van der Waals surface area (Å²) >= 11 is 0. The monoisotopic (exact) mass is 124 g/mol. The maximum Gasteiger partial charge on any atom is 0.176 e. The van der Waals surface area contributed by atoms with E-state index in [0.29, 0.717) is 0 Å². The molecule has 0 aromatic carbocycles. The molecule has 0 spiro atoms. The van der Waals surface area contributed by atoms with Crippen molar-refractivity contribution in [3.05, 3.63) is 17.7 Å². The first-order valence-electron chi connectivity index (χ1n) is 2.40. The van der Waals surface area contributed by atoms with Gasteiger partial charge >= 0.3 is 0 Å². The second-order valence-corrected chi connectivity index (χ2v) is 1.61. The summed E-state index contributed by atoms with van der Waals surface area (Å²) in [5, 5.41) is 3.59. The first-order valence-corrected chi connectivity index (χ1v) is 2.40. The Morgan fingerprint density at radius 1 is 1.89 bits per heavy atom. The highest BCUT2D eigenvalue weighted by molar-refractivity contribution is 5.24. The average Bonchev–Trinajstić information content (AvgIpc) is 2.12. The van der Waals surface area contributed by atoms with E-state index in [1.807, 2.05) is 0 Å². The molecular formula is C6H5FN2. The minimum atomic E-state index is -0.444. The van der Waals surface area contributed by atoms with E-state index in [2.05, 4.69) is 11.0 Å². The summed E-state index contributed by atoms with van der Waals surface area (Å²) in [6.07, 6.45) is 6.04. The number of nitrogens with zero attached hydrogens (tertiary/aromatic N) is 2. The largest absolute Gasteiger partial charge is 0.257 e. The molecule has 0 fully saturated rings. The molecule has 2 nitrogen and oxygen atoms in total. The number of halogens is 1. The fourth-order valence-corrected chi connectivity index (χ4v) is 0.573. The van der Waals surface area contributed by atoms with E-state index in [4.69, 9.17) is 6.42 Å². The van der Waals surface area contributed by atoms with Crippen LogP contribution >= 0.6 is 0 Å². The van der Waals surface area contributed by atoms with Crippen LogP contribution in [0.4, 0.5) is 4.39 Å². The van der Waals surface area contributed by atoms with Crippen molar-refractivity contribution in [1.29, 1.82) is 0 Å². The highest BCUT2D eigenvalue weighted by atomic mass is 19.1. The van der Waals surface area contributed by atoms with Crippen LogP contribution in [-0.2, 0) is 7.05 Å². The molecule has 0 N–H and O–H groups in total. The summed E-state index contributed by atoms with van der Waals surface area (Å²) in [5.74, 6) is 1.72. The zero-order valence-corrected chi connectivity index (χ0v) is 4.93. The van der Waals surface area contributed by atoms with Gasteiger partial charge in [0, 0.05) is 7.05 Å². The van der Waals surface area contributed by atoms with E-state index in [-0.39, 0.29) is 5.69 Å². The molecule has 0 bridgehead atoms. The third kappa shape index (κ3) is 0.789. The number of hydrogen-bond donors (Lipinski definition) is 0. The molecule has 0 aliphatic heterocycles. The number of terminal acetylenes is 1. The molecule has 0 amide bonds. The van der Waals surface area contributed by atoms with Crippen LogP contribution in [0.5, 0.6) is 0 Å². The Morgan fingerprint density at radius 2 is 2.56 bits per heavy atom. The van der Waals surface area contributed by atoms with Crippen LogP contribution in [0.2, 0.25) is 0 Å². The van der Waals surface area contributed by atoms with Crippen molar-refractivity contribution in [3.8, 4) is 12.3 Å². The standard InChI is InChI=1S/C6H5FN2/c1-3-6-5(7)4-8-9(6)2/h1,4H,2H3. The van der Waals surface area contributed by atoms with Gasteiger partial charge in [0.05, 0.1) is 6.20 Å². The quantitative estimate of drug-likeness (QED) is 0.461. The molecule has 1 heterocycles. The lowest BCUT2D eigenvalue weighted by Crippen LogP contribution is -1.93. The molecule has 0 saturated carbocycles. The van der Waals surface area contributed by atoms with Crippen LogP contribution in [0, 0.1) is 18.2 Å². The fourth-order valence-electron chi connectivity index (χ4n) is 0.573. The van der Waals surface area contributed by atoms with Crippen LogP contribution in [-0.4, -0.2) is 9.78 Å². The molecule has 0 atom stereocenters. The molecule has 3 heteroatoms. The van der Waals surface area contributed by atoms with Gasteiger partial charge in [0.2, 0.25) is 0 Å².